The number of hydrogen-bond donors (Lipinski definition) is 3. The van der Waals surface area contributed by atoms with Crippen LogP contribution in [0.1, 0.15) is 32.1 Å². The maximum Gasteiger partial charge on any atom is 0.221 e. The van der Waals surface area contributed by atoms with E-state index in [-0.39, 0.29) is 6.04 Å². The van der Waals surface area contributed by atoms with Gasteiger partial charge in [-0.05, 0) is 42.8 Å². The molecule has 120 valence electrons. The van der Waals surface area contributed by atoms with Crippen LogP contribution in [0.4, 0.5) is 0 Å². The maximum absolute atomic E-state index is 6.13. The molecule has 0 aliphatic carbocycles. The molecule has 0 amide bonds. The van der Waals surface area contributed by atoms with Crippen molar-refractivity contribution in [1.82, 2.24) is 30.4 Å². The lowest BCUT2D eigenvalue weighted by Crippen LogP contribution is -2.30. The Bertz CT molecular complexity index is 948. The molecule has 3 N–H and O–H groups in total. The second-order valence-corrected chi connectivity index (χ2v) is 6.77. The summed E-state index contributed by atoms with van der Waals surface area (Å²) in [5.74, 6) is 1.26. The van der Waals surface area contributed by atoms with Crippen LogP contribution < -0.4 is 10.9 Å². The molecule has 0 spiro atoms. The highest BCUT2D eigenvalue weighted by molar-refractivity contribution is 7.71. The molecular formula is C15H17ClN6S. The highest BCUT2D eigenvalue weighted by Crippen LogP contribution is 2.29. The summed E-state index contributed by atoms with van der Waals surface area (Å²) in [6.45, 7) is 4.39. The van der Waals surface area contributed by atoms with Gasteiger partial charge in [-0.25, -0.2) is 19.9 Å². The molecule has 2 aromatic heterocycles. The first-order valence-electron chi connectivity index (χ1n) is 7.67. The highest BCUT2D eigenvalue weighted by Gasteiger charge is 2.34. The summed E-state index contributed by atoms with van der Waals surface area (Å²) in [6, 6.07) is 6.07. The largest absolute Gasteiger partial charge is 0.276 e. The fraction of sp³-hybridized carbons (Fsp3) is 0.400. The molecule has 0 saturated carbocycles. The lowest BCUT2D eigenvalue weighted by molar-refractivity contribution is 0.433. The first kappa shape index (κ1) is 15.0. The number of nitrogens with zero attached hydrogens (tertiary/aromatic N) is 3. The maximum atomic E-state index is 6.13. The molecule has 23 heavy (non-hydrogen) atoms. The summed E-state index contributed by atoms with van der Waals surface area (Å²) in [6.07, 6.45) is 1.06. The number of fused-ring (bicyclic) bond motifs is 3. The zero-order chi connectivity index (χ0) is 16.1. The summed E-state index contributed by atoms with van der Waals surface area (Å²) in [5, 5.41) is 4.83. The van der Waals surface area contributed by atoms with Gasteiger partial charge in [-0.3, -0.25) is 10.5 Å². The topological polar surface area (TPSA) is 70.0 Å². The third-order valence-electron chi connectivity index (χ3n) is 4.59. The minimum atomic E-state index is 0.100. The number of aromatic nitrogens is 4. The van der Waals surface area contributed by atoms with E-state index in [1.54, 1.807) is 4.52 Å². The molecule has 0 bridgehead atoms. The van der Waals surface area contributed by atoms with Crippen LogP contribution in [-0.2, 0) is 0 Å². The SMILES string of the molecule is CCC1NNC(c2nc3c4cc(Cl)ccc4nc(=S)n3[nH]2)C1C. The van der Waals surface area contributed by atoms with E-state index < -0.39 is 0 Å². The molecule has 0 radical (unpaired) electrons. The number of aromatic amines is 1. The number of hydrogen-bond acceptors (Lipinski definition) is 5. The van der Waals surface area contributed by atoms with Crippen LogP contribution >= 0.6 is 23.8 Å². The van der Waals surface area contributed by atoms with Gasteiger partial charge in [0.25, 0.3) is 0 Å². The highest BCUT2D eigenvalue weighted by atomic mass is 35.5. The van der Waals surface area contributed by atoms with Gasteiger partial charge in [0, 0.05) is 16.5 Å². The molecular weight excluding hydrogens is 332 g/mol. The predicted molar refractivity (Wildman–Crippen MR) is 92.9 cm³/mol. The van der Waals surface area contributed by atoms with Gasteiger partial charge >= 0.3 is 0 Å². The summed E-state index contributed by atoms with van der Waals surface area (Å²) >= 11 is 11.5. The molecule has 3 heterocycles. The van der Waals surface area contributed by atoms with E-state index in [1.807, 2.05) is 18.2 Å². The molecule has 1 aromatic carbocycles. The van der Waals surface area contributed by atoms with Gasteiger partial charge in [-0.2, -0.15) is 0 Å². The lowest BCUT2D eigenvalue weighted by atomic mass is 9.94. The molecule has 1 aliphatic rings. The van der Waals surface area contributed by atoms with Gasteiger partial charge in [-0.15, -0.1) is 0 Å². The van der Waals surface area contributed by atoms with Gasteiger partial charge in [-0.1, -0.05) is 25.4 Å². The Kier molecular flexibility index (Phi) is 3.60. The van der Waals surface area contributed by atoms with E-state index in [4.69, 9.17) is 28.8 Å². The molecule has 4 rings (SSSR count). The van der Waals surface area contributed by atoms with E-state index in [0.29, 0.717) is 21.8 Å². The fourth-order valence-electron chi connectivity index (χ4n) is 3.24. The van der Waals surface area contributed by atoms with Crippen LogP contribution in [0.25, 0.3) is 16.6 Å². The number of hydrazine groups is 1. The van der Waals surface area contributed by atoms with Crippen LogP contribution in [0.15, 0.2) is 18.2 Å². The van der Waals surface area contributed by atoms with Crippen molar-refractivity contribution in [1.29, 1.82) is 0 Å². The van der Waals surface area contributed by atoms with Gasteiger partial charge in [0.2, 0.25) is 4.77 Å². The Balaban J connectivity index is 1.91. The number of nitrogens with one attached hydrogen (secondary N) is 3. The Morgan fingerprint density at radius 2 is 2.13 bits per heavy atom. The molecule has 8 heteroatoms. The smallest absolute Gasteiger partial charge is 0.221 e. The summed E-state index contributed by atoms with van der Waals surface area (Å²) in [7, 11) is 0. The standard InChI is InChI=1S/C15H17ClN6S/c1-3-10-7(2)12(20-19-10)13-18-14-9-6-8(16)4-5-11(9)17-15(23)22(14)21-13/h4-7,10,12,19-20H,3H2,1-2H3,(H,18,21). The second-order valence-electron chi connectivity index (χ2n) is 5.96. The van der Waals surface area contributed by atoms with E-state index in [2.05, 4.69) is 34.8 Å². The molecule has 1 saturated heterocycles. The van der Waals surface area contributed by atoms with Crippen molar-refractivity contribution in [2.24, 2.45) is 5.92 Å². The average Bonchev–Trinajstić information content (AvgIpc) is 3.12. The van der Waals surface area contributed by atoms with Crippen LogP contribution in [0.5, 0.6) is 0 Å². The Morgan fingerprint density at radius 1 is 1.30 bits per heavy atom. The van der Waals surface area contributed by atoms with Crippen LogP contribution in [0, 0.1) is 10.7 Å². The molecule has 3 aromatic rings. The quantitative estimate of drug-likeness (QED) is 0.621. The second kappa shape index (κ2) is 5.52. The van der Waals surface area contributed by atoms with Crippen molar-refractivity contribution in [3.05, 3.63) is 33.8 Å². The zero-order valence-electron chi connectivity index (χ0n) is 12.8. The molecule has 3 atom stereocenters. The Morgan fingerprint density at radius 3 is 2.87 bits per heavy atom. The summed E-state index contributed by atoms with van der Waals surface area (Å²) in [5.41, 5.74) is 8.21. The average molecular weight is 349 g/mol. The van der Waals surface area contributed by atoms with E-state index in [1.165, 1.54) is 0 Å². The van der Waals surface area contributed by atoms with Crippen LogP contribution in [0.3, 0.4) is 0 Å². The van der Waals surface area contributed by atoms with Gasteiger partial charge < -0.3 is 0 Å². The summed E-state index contributed by atoms with van der Waals surface area (Å²) < 4.78 is 2.20. The normalized spacial score (nSPS) is 24.7. The molecule has 1 aliphatic heterocycles. The third kappa shape index (κ3) is 2.35. The first-order chi connectivity index (χ1) is 11.1. The minimum absolute atomic E-state index is 0.100. The lowest BCUT2D eigenvalue weighted by Gasteiger charge is -2.14. The number of H-pyrrole nitrogens is 1. The number of rotatable bonds is 2. The number of halogens is 1. The Labute approximate surface area is 143 Å². The van der Waals surface area contributed by atoms with Crippen molar-refractivity contribution in [3.63, 3.8) is 0 Å². The van der Waals surface area contributed by atoms with Crippen molar-refractivity contribution >= 4 is 40.4 Å². The van der Waals surface area contributed by atoms with Crippen LogP contribution in [0.2, 0.25) is 5.02 Å². The molecule has 1 fully saturated rings. The minimum Gasteiger partial charge on any atom is -0.276 e. The first-order valence-corrected chi connectivity index (χ1v) is 8.46. The molecule has 3 unspecified atom stereocenters. The zero-order valence-corrected chi connectivity index (χ0v) is 14.4. The fourth-order valence-corrected chi connectivity index (χ4v) is 3.64. The van der Waals surface area contributed by atoms with Gasteiger partial charge in [0.05, 0.1) is 11.6 Å². The molecule has 6 nitrogen and oxygen atoms in total. The predicted octanol–water partition coefficient (Wildman–Crippen LogP) is 3.16. The summed E-state index contributed by atoms with van der Waals surface area (Å²) in [4.78, 5) is 9.23. The van der Waals surface area contributed by atoms with Crippen molar-refractivity contribution in [3.8, 4) is 0 Å². The Hall–Kier alpha value is -1.54. The van der Waals surface area contributed by atoms with Crippen LogP contribution in [-0.4, -0.2) is 25.6 Å². The monoisotopic (exact) mass is 348 g/mol. The van der Waals surface area contributed by atoms with E-state index in [0.717, 1.165) is 28.8 Å². The van der Waals surface area contributed by atoms with Crippen molar-refractivity contribution in [2.75, 3.05) is 0 Å². The van der Waals surface area contributed by atoms with Gasteiger partial charge in [0.1, 0.15) is 5.82 Å². The van der Waals surface area contributed by atoms with Gasteiger partial charge in [0.15, 0.2) is 5.65 Å². The van der Waals surface area contributed by atoms with E-state index >= 15 is 0 Å². The van der Waals surface area contributed by atoms with Crippen molar-refractivity contribution in [2.45, 2.75) is 32.4 Å². The van der Waals surface area contributed by atoms with E-state index in [9.17, 15) is 0 Å². The third-order valence-corrected chi connectivity index (χ3v) is 5.10. The van der Waals surface area contributed by atoms with Crippen molar-refractivity contribution < 1.29 is 0 Å². The number of benzene rings is 1.